The van der Waals surface area contributed by atoms with Crippen molar-refractivity contribution in [1.29, 1.82) is 0 Å². The van der Waals surface area contributed by atoms with Crippen molar-refractivity contribution in [3.05, 3.63) is 56.8 Å². The Labute approximate surface area is 118 Å². The Hall–Kier alpha value is -1.10. The van der Waals surface area contributed by atoms with Crippen molar-refractivity contribution in [3.8, 4) is 0 Å². The van der Waals surface area contributed by atoms with Crippen LogP contribution < -0.4 is 5.73 Å². The molecule has 0 atom stereocenters. The predicted octanol–water partition coefficient (Wildman–Crippen LogP) is 3.97. The van der Waals surface area contributed by atoms with Gasteiger partial charge in [0.1, 0.15) is 0 Å². The van der Waals surface area contributed by atoms with Crippen LogP contribution in [0.4, 0.5) is 0 Å². The summed E-state index contributed by atoms with van der Waals surface area (Å²) in [5.41, 5.74) is 8.13. The monoisotopic (exact) mass is 320 g/mol. The van der Waals surface area contributed by atoms with E-state index in [4.69, 9.17) is 5.73 Å². The Kier molecular flexibility index (Phi) is 3.24. The summed E-state index contributed by atoms with van der Waals surface area (Å²) >= 11 is 5.28. The molecule has 0 saturated heterocycles. The number of fused-ring (bicyclic) bond motifs is 1. The van der Waals surface area contributed by atoms with E-state index in [1.807, 2.05) is 0 Å². The highest BCUT2D eigenvalue weighted by Crippen LogP contribution is 2.25. The summed E-state index contributed by atoms with van der Waals surface area (Å²) in [5.74, 6) is 0. The zero-order valence-corrected chi connectivity index (χ0v) is 12.2. The van der Waals surface area contributed by atoms with Crippen molar-refractivity contribution >= 4 is 38.2 Å². The van der Waals surface area contributed by atoms with E-state index in [0.29, 0.717) is 6.54 Å². The zero-order valence-electron chi connectivity index (χ0n) is 9.77. The summed E-state index contributed by atoms with van der Waals surface area (Å²) in [5, 5.41) is 1.27. The maximum absolute atomic E-state index is 5.70. The molecule has 0 aliphatic rings. The largest absolute Gasteiger partial charge is 0.342 e. The summed E-state index contributed by atoms with van der Waals surface area (Å²) in [4.78, 5) is 1.34. The molecule has 92 valence electrons. The first kappa shape index (κ1) is 12.0. The standard InChI is InChI=1S/C14H13BrN2S/c15-14-4-3-12(18-14)9-17-6-5-11-2-1-10(8-16)7-13(11)17/h1-7H,8-9,16H2. The van der Waals surface area contributed by atoms with Crippen molar-refractivity contribution in [3.63, 3.8) is 0 Å². The van der Waals surface area contributed by atoms with Crippen molar-refractivity contribution in [2.45, 2.75) is 13.1 Å². The Morgan fingerprint density at radius 1 is 1.17 bits per heavy atom. The lowest BCUT2D eigenvalue weighted by atomic mass is 10.1. The first-order chi connectivity index (χ1) is 8.76. The lowest BCUT2D eigenvalue weighted by Crippen LogP contribution is -1.98. The number of hydrogen-bond acceptors (Lipinski definition) is 2. The highest BCUT2D eigenvalue weighted by molar-refractivity contribution is 9.11. The van der Waals surface area contributed by atoms with Crippen molar-refractivity contribution in [1.82, 2.24) is 4.57 Å². The normalized spacial score (nSPS) is 11.2. The molecule has 0 unspecified atom stereocenters. The van der Waals surface area contributed by atoms with Gasteiger partial charge in [-0.25, -0.2) is 0 Å². The zero-order chi connectivity index (χ0) is 12.5. The summed E-state index contributed by atoms with van der Waals surface area (Å²) in [6.07, 6.45) is 2.14. The summed E-state index contributed by atoms with van der Waals surface area (Å²) in [6.45, 7) is 1.50. The van der Waals surface area contributed by atoms with Crippen LogP contribution in [0.2, 0.25) is 0 Å². The average Bonchev–Trinajstić information content (AvgIpc) is 2.96. The van der Waals surface area contributed by atoms with E-state index < -0.39 is 0 Å². The van der Waals surface area contributed by atoms with Crippen LogP contribution in [0, 0.1) is 0 Å². The van der Waals surface area contributed by atoms with Crippen molar-refractivity contribution < 1.29 is 0 Å². The molecule has 2 aromatic heterocycles. The highest BCUT2D eigenvalue weighted by Gasteiger charge is 2.04. The molecule has 0 fully saturated rings. The Balaban J connectivity index is 2.01. The van der Waals surface area contributed by atoms with Gasteiger partial charge < -0.3 is 10.3 Å². The van der Waals surface area contributed by atoms with E-state index in [9.17, 15) is 0 Å². The van der Waals surface area contributed by atoms with Gasteiger partial charge in [-0.2, -0.15) is 0 Å². The van der Waals surface area contributed by atoms with Gasteiger partial charge in [-0.05, 0) is 51.1 Å². The first-order valence-electron chi connectivity index (χ1n) is 5.78. The molecule has 0 amide bonds. The molecule has 0 aliphatic carbocycles. The van der Waals surface area contributed by atoms with Gasteiger partial charge in [0.15, 0.2) is 0 Å². The third kappa shape index (κ3) is 2.23. The summed E-state index contributed by atoms with van der Waals surface area (Å²) < 4.78 is 3.45. The van der Waals surface area contributed by atoms with Crippen LogP contribution in [-0.4, -0.2) is 4.57 Å². The van der Waals surface area contributed by atoms with Gasteiger partial charge in [-0.15, -0.1) is 11.3 Å². The van der Waals surface area contributed by atoms with E-state index in [1.54, 1.807) is 11.3 Å². The number of nitrogens with zero attached hydrogens (tertiary/aromatic N) is 1. The molecule has 2 heterocycles. The van der Waals surface area contributed by atoms with E-state index >= 15 is 0 Å². The minimum atomic E-state index is 0.589. The van der Waals surface area contributed by atoms with Crippen LogP contribution in [-0.2, 0) is 13.1 Å². The minimum absolute atomic E-state index is 0.589. The van der Waals surface area contributed by atoms with E-state index in [2.05, 4.69) is 63.1 Å². The Morgan fingerprint density at radius 3 is 2.78 bits per heavy atom. The number of rotatable bonds is 3. The predicted molar refractivity (Wildman–Crippen MR) is 81.0 cm³/mol. The van der Waals surface area contributed by atoms with Gasteiger partial charge in [0.05, 0.1) is 10.3 Å². The van der Waals surface area contributed by atoms with Crippen LogP contribution in [0.3, 0.4) is 0 Å². The van der Waals surface area contributed by atoms with Crippen molar-refractivity contribution in [2.24, 2.45) is 5.73 Å². The van der Waals surface area contributed by atoms with Crippen LogP contribution >= 0.6 is 27.3 Å². The van der Waals surface area contributed by atoms with Gasteiger partial charge in [0.2, 0.25) is 0 Å². The van der Waals surface area contributed by atoms with Crippen LogP contribution in [0.1, 0.15) is 10.4 Å². The fourth-order valence-electron chi connectivity index (χ4n) is 2.10. The van der Waals surface area contributed by atoms with Gasteiger partial charge in [-0.3, -0.25) is 0 Å². The molecule has 3 aromatic rings. The molecular formula is C14H13BrN2S. The number of benzene rings is 1. The molecule has 2 N–H and O–H groups in total. The lowest BCUT2D eigenvalue weighted by molar-refractivity contribution is 0.850. The smallest absolute Gasteiger partial charge is 0.0702 e. The average molecular weight is 321 g/mol. The molecule has 3 rings (SSSR count). The third-order valence-corrected chi connectivity index (χ3v) is 4.64. The Bertz CT molecular complexity index is 684. The number of halogens is 1. The minimum Gasteiger partial charge on any atom is -0.342 e. The molecule has 18 heavy (non-hydrogen) atoms. The second-order valence-electron chi connectivity index (χ2n) is 4.25. The van der Waals surface area contributed by atoms with Gasteiger partial charge >= 0.3 is 0 Å². The SMILES string of the molecule is NCc1ccc2ccn(Cc3ccc(Br)s3)c2c1. The quantitative estimate of drug-likeness (QED) is 0.777. The molecule has 0 aliphatic heterocycles. The van der Waals surface area contributed by atoms with Gasteiger partial charge in [0, 0.05) is 23.1 Å². The lowest BCUT2D eigenvalue weighted by Gasteiger charge is -2.05. The van der Waals surface area contributed by atoms with Crippen LogP contribution in [0.25, 0.3) is 10.9 Å². The molecule has 0 radical (unpaired) electrons. The number of thiophene rings is 1. The van der Waals surface area contributed by atoms with Crippen LogP contribution in [0.5, 0.6) is 0 Å². The number of hydrogen-bond donors (Lipinski definition) is 1. The van der Waals surface area contributed by atoms with Crippen molar-refractivity contribution in [2.75, 3.05) is 0 Å². The topological polar surface area (TPSA) is 30.9 Å². The van der Waals surface area contributed by atoms with E-state index in [1.165, 1.54) is 25.1 Å². The van der Waals surface area contributed by atoms with Gasteiger partial charge in [0.25, 0.3) is 0 Å². The van der Waals surface area contributed by atoms with Crippen LogP contribution in [0.15, 0.2) is 46.4 Å². The fourth-order valence-corrected chi connectivity index (χ4v) is 3.58. The molecular weight excluding hydrogens is 308 g/mol. The third-order valence-electron chi connectivity index (χ3n) is 3.03. The first-order valence-corrected chi connectivity index (χ1v) is 7.39. The number of nitrogens with two attached hydrogens (primary N) is 1. The maximum atomic E-state index is 5.70. The second-order valence-corrected chi connectivity index (χ2v) is 6.79. The molecule has 1 aromatic carbocycles. The van der Waals surface area contributed by atoms with E-state index in [-0.39, 0.29) is 0 Å². The molecule has 2 nitrogen and oxygen atoms in total. The molecule has 4 heteroatoms. The molecule has 0 bridgehead atoms. The highest BCUT2D eigenvalue weighted by atomic mass is 79.9. The second kappa shape index (κ2) is 4.88. The summed E-state index contributed by atoms with van der Waals surface area (Å²) in [6, 6.07) is 12.8. The Morgan fingerprint density at radius 2 is 2.06 bits per heavy atom. The van der Waals surface area contributed by atoms with Gasteiger partial charge in [-0.1, -0.05) is 12.1 Å². The van der Waals surface area contributed by atoms with E-state index in [0.717, 1.165) is 6.54 Å². The summed E-state index contributed by atoms with van der Waals surface area (Å²) in [7, 11) is 0. The fraction of sp³-hybridized carbons (Fsp3) is 0.143. The maximum Gasteiger partial charge on any atom is 0.0702 e. The molecule has 0 spiro atoms. The molecule has 0 saturated carbocycles. The number of aromatic nitrogens is 1.